The van der Waals surface area contributed by atoms with Crippen LogP contribution in [0.3, 0.4) is 0 Å². The average Bonchev–Trinajstić information content (AvgIpc) is 2.98. The van der Waals surface area contributed by atoms with Crippen molar-refractivity contribution >= 4 is 8.58 Å². The van der Waals surface area contributed by atoms with Crippen LogP contribution in [-0.2, 0) is 10.8 Å². The van der Waals surface area contributed by atoms with E-state index in [1.807, 2.05) is 0 Å². The Bertz CT molecular complexity index is 609. The summed E-state index contributed by atoms with van der Waals surface area (Å²) in [4.78, 5) is 0. The minimum absolute atomic E-state index is 0.218. The Morgan fingerprint density at radius 2 is 1.44 bits per heavy atom. The lowest BCUT2D eigenvalue weighted by Crippen LogP contribution is -2.24. The molecule has 1 aliphatic heterocycles. The summed E-state index contributed by atoms with van der Waals surface area (Å²) < 4.78 is 0. The van der Waals surface area contributed by atoms with Crippen molar-refractivity contribution in [3.8, 4) is 0 Å². The molecule has 1 aliphatic carbocycles. The van der Waals surface area contributed by atoms with Gasteiger partial charge >= 0.3 is 0 Å². The molecule has 0 nitrogen and oxygen atoms in total. The van der Waals surface area contributed by atoms with Crippen molar-refractivity contribution in [3.63, 3.8) is 0 Å². The van der Waals surface area contributed by atoms with E-state index in [1.165, 1.54) is 23.7 Å². The maximum absolute atomic E-state index is 2.56. The smallest absolute Gasteiger partial charge is 0.00505 e. The van der Waals surface area contributed by atoms with Gasteiger partial charge in [0.05, 0.1) is 0 Å². The summed E-state index contributed by atoms with van der Waals surface area (Å²) in [6, 6.07) is 7.60. The molecule has 0 aromatic heterocycles. The quantitative estimate of drug-likeness (QED) is 0.462. The molecule has 1 heteroatoms. The monoisotopic (exact) mass is 358 g/mol. The van der Waals surface area contributed by atoms with Crippen LogP contribution in [0.25, 0.3) is 0 Å². The zero-order valence-electron chi connectivity index (χ0n) is 18.0. The van der Waals surface area contributed by atoms with Gasteiger partial charge in [0.25, 0.3) is 0 Å². The zero-order chi connectivity index (χ0) is 18.8. The van der Waals surface area contributed by atoms with E-state index in [-0.39, 0.29) is 10.8 Å². The maximum atomic E-state index is 2.56. The van der Waals surface area contributed by atoms with E-state index in [0.29, 0.717) is 5.41 Å². The molecule has 1 aromatic rings. The predicted octanol–water partition coefficient (Wildman–Crippen LogP) is 7.31. The van der Waals surface area contributed by atoms with E-state index in [1.54, 1.807) is 5.56 Å². The van der Waals surface area contributed by atoms with Gasteiger partial charge in [0.1, 0.15) is 0 Å². The Labute approximate surface area is 158 Å². The molecule has 3 rings (SSSR count). The standard InChI is InChI=1S/C24H39P/c1-15-13-24(8,9)20-19(15)14-25-21(20)16-10-17(22(2,3)4)12-18(11-16)23(5,6)7/h10-12,15,19-21,25H,13-14H2,1-9H3/t15-,19+,20-,21-/m1/s1. The molecule has 0 bridgehead atoms. The Morgan fingerprint density at radius 1 is 0.920 bits per heavy atom. The summed E-state index contributed by atoms with van der Waals surface area (Å²) in [6.07, 6.45) is 2.87. The molecule has 25 heavy (non-hydrogen) atoms. The van der Waals surface area contributed by atoms with E-state index < -0.39 is 0 Å². The molecule has 1 unspecified atom stereocenters. The minimum Gasteiger partial charge on any atom is -0.114 e. The van der Waals surface area contributed by atoms with Gasteiger partial charge in [-0.1, -0.05) is 80.5 Å². The summed E-state index contributed by atoms with van der Waals surface area (Å²) in [5.74, 6) is 2.74. The fourth-order valence-electron chi connectivity index (χ4n) is 5.49. The first kappa shape index (κ1) is 19.4. The van der Waals surface area contributed by atoms with E-state index in [4.69, 9.17) is 0 Å². The molecule has 1 aromatic carbocycles. The predicted molar refractivity (Wildman–Crippen MR) is 114 cm³/mol. The zero-order valence-corrected chi connectivity index (χ0v) is 19.0. The second kappa shape index (κ2) is 6.09. The molecule has 0 amide bonds. The fourth-order valence-corrected chi connectivity index (χ4v) is 8.03. The van der Waals surface area contributed by atoms with Crippen LogP contribution in [0.1, 0.15) is 91.1 Å². The summed E-state index contributed by atoms with van der Waals surface area (Å²) in [5, 5.41) is 0. The third-order valence-corrected chi connectivity index (χ3v) is 8.76. The molecular formula is C24H39P. The molecule has 140 valence electrons. The van der Waals surface area contributed by atoms with E-state index in [2.05, 4.69) is 80.5 Å². The van der Waals surface area contributed by atoms with Gasteiger partial charge in [-0.05, 0) is 63.3 Å². The lowest BCUT2D eigenvalue weighted by Gasteiger charge is -2.34. The van der Waals surface area contributed by atoms with Crippen LogP contribution in [0.15, 0.2) is 18.2 Å². The molecule has 5 atom stereocenters. The number of hydrogen-bond acceptors (Lipinski definition) is 0. The Morgan fingerprint density at radius 3 is 1.92 bits per heavy atom. The molecular weight excluding hydrogens is 319 g/mol. The van der Waals surface area contributed by atoms with Crippen LogP contribution in [0.4, 0.5) is 0 Å². The van der Waals surface area contributed by atoms with Gasteiger partial charge in [-0.15, -0.1) is 8.58 Å². The molecule has 0 radical (unpaired) electrons. The van der Waals surface area contributed by atoms with Crippen molar-refractivity contribution in [2.75, 3.05) is 6.16 Å². The first-order valence-electron chi connectivity index (χ1n) is 10.2. The lowest BCUT2D eigenvalue weighted by atomic mass is 9.73. The number of hydrogen-bond donors (Lipinski definition) is 0. The Hall–Kier alpha value is -0.350. The van der Waals surface area contributed by atoms with Gasteiger partial charge in [0.2, 0.25) is 0 Å². The van der Waals surface area contributed by atoms with Crippen LogP contribution >= 0.6 is 8.58 Å². The topological polar surface area (TPSA) is 0 Å². The SMILES string of the molecule is C[C@@H]1CC(C)(C)[C@@H]2[C@H]1CP[C@@H]2c1cc(C(C)(C)C)cc(C(C)(C)C)c1. The van der Waals surface area contributed by atoms with Crippen LogP contribution in [0.5, 0.6) is 0 Å². The van der Waals surface area contributed by atoms with Gasteiger partial charge in [0, 0.05) is 5.66 Å². The fraction of sp³-hybridized carbons (Fsp3) is 0.750. The van der Waals surface area contributed by atoms with Gasteiger partial charge in [-0.25, -0.2) is 0 Å². The second-order valence-electron chi connectivity index (χ2n) is 11.6. The molecule has 1 saturated heterocycles. The average molecular weight is 359 g/mol. The highest BCUT2D eigenvalue weighted by molar-refractivity contribution is 7.39. The lowest BCUT2D eigenvalue weighted by molar-refractivity contribution is 0.231. The van der Waals surface area contributed by atoms with Crippen molar-refractivity contribution in [2.24, 2.45) is 23.2 Å². The number of benzene rings is 1. The van der Waals surface area contributed by atoms with Crippen molar-refractivity contribution < 1.29 is 0 Å². The molecule has 0 spiro atoms. The highest BCUT2D eigenvalue weighted by Crippen LogP contribution is 2.66. The molecule has 0 N–H and O–H groups in total. The summed E-state index contributed by atoms with van der Waals surface area (Å²) in [6.45, 7) is 21.7. The summed E-state index contributed by atoms with van der Waals surface area (Å²) in [5.41, 5.74) is 6.40. The minimum atomic E-state index is 0.218. The highest BCUT2D eigenvalue weighted by atomic mass is 31.1. The third kappa shape index (κ3) is 3.58. The Balaban J connectivity index is 2.08. The third-order valence-electron chi connectivity index (χ3n) is 6.92. The highest BCUT2D eigenvalue weighted by Gasteiger charge is 2.53. The second-order valence-corrected chi connectivity index (χ2v) is 13.0. The maximum Gasteiger partial charge on any atom is 0.00505 e. The van der Waals surface area contributed by atoms with Gasteiger partial charge in [-0.3, -0.25) is 0 Å². The van der Waals surface area contributed by atoms with Crippen molar-refractivity contribution in [1.82, 2.24) is 0 Å². The largest absolute Gasteiger partial charge is 0.114 e. The molecule has 2 fully saturated rings. The molecule has 2 aliphatic rings. The number of fused-ring (bicyclic) bond motifs is 1. The van der Waals surface area contributed by atoms with Crippen molar-refractivity contribution in [3.05, 3.63) is 34.9 Å². The van der Waals surface area contributed by atoms with E-state index >= 15 is 0 Å². The first-order chi connectivity index (χ1) is 11.3. The van der Waals surface area contributed by atoms with Crippen LogP contribution < -0.4 is 0 Å². The molecule has 1 heterocycles. The van der Waals surface area contributed by atoms with Crippen LogP contribution in [-0.4, -0.2) is 6.16 Å². The van der Waals surface area contributed by atoms with Crippen molar-refractivity contribution in [2.45, 2.75) is 85.2 Å². The van der Waals surface area contributed by atoms with E-state index in [0.717, 1.165) is 32.0 Å². The van der Waals surface area contributed by atoms with Gasteiger partial charge in [0.15, 0.2) is 0 Å². The Kier molecular flexibility index (Phi) is 4.73. The van der Waals surface area contributed by atoms with Crippen LogP contribution in [0.2, 0.25) is 0 Å². The van der Waals surface area contributed by atoms with Crippen molar-refractivity contribution in [1.29, 1.82) is 0 Å². The molecule has 1 saturated carbocycles. The van der Waals surface area contributed by atoms with Gasteiger partial charge in [-0.2, -0.15) is 0 Å². The number of rotatable bonds is 1. The van der Waals surface area contributed by atoms with Crippen LogP contribution in [0, 0.1) is 23.2 Å². The van der Waals surface area contributed by atoms with Gasteiger partial charge < -0.3 is 0 Å². The normalized spacial score (nSPS) is 33.0. The first-order valence-corrected chi connectivity index (χ1v) is 11.5. The van der Waals surface area contributed by atoms with E-state index in [9.17, 15) is 0 Å². The summed E-state index contributed by atoms with van der Waals surface area (Å²) in [7, 11) is 1.11. The summed E-state index contributed by atoms with van der Waals surface area (Å²) >= 11 is 0.